The fourth-order valence-corrected chi connectivity index (χ4v) is 3.83. The fourth-order valence-electron chi connectivity index (χ4n) is 1.04. The predicted molar refractivity (Wildman–Crippen MR) is 66.0 cm³/mol. The van der Waals surface area contributed by atoms with Crippen LogP contribution in [0.15, 0.2) is 9.46 Å². The molecule has 1 amide bonds. The summed E-state index contributed by atoms with van der Waals surface area (Å²) in [5.74, 6) is -1.71. The van der Waals surface area contributed by atoms with Gasteiger partial charge in [-0.25, -0.2) is 18.4 Å². The van der Waals surface area contributed by atoms with E-state index in [0.717, 1.165) is 0 Å². The third-order valence-electron chi connectivity index (χ3n) is 1.70. The van der Waals surface area contributed by atoms with Crippen molar-refractivity contribution in [2.24, 2.45) is 14.6 Å². The summed E-state index contributed by atoms with van der Waals surface area (Å²) < 4.78 is 30.0. The lowest BCUT2D eigenvalue weighted by Crippen LogP contribution is -2.26. The maximum atomic E-state index is 11.4. The molecule has 1 aliphatic heterocycles. The Labute approximate surface area is 111 Å². The number of hydrogen-bond donors (Lipinski definition) is 2. The third-order valence-corrected chi connectivity index (χ3v) is 5.07. The highest BCUT2D eigenvalue weighted by atomic mass is 32.3. The van der Waals surface area contributed by atoms with E-state index in [4.69, 9.17) is 10.2 Å². The van der Waals surface area contributed by atoms with Gasteiger partial charge in [-0.1, -0.05) is 0 Å². The number of carbonyl (C=O) groups excluding carboxylic acids is 2. The van der Waals surface area contributed by atoms with E-state index in [1.807, 2.05) is 0 Å². The fraction of sp³-hybridized carbons (Fsp3) is 0.571. The van der Waals surface area contributed by atoms with Crippen molar-refractivity contribution >= 4 is 37.0 Å². The summed E-state index contributed by atoms with van der Waals surface area (Å²) in [5, 5.41) is 18.3. The van der Waals surface area contributed by atoms with Crippen LogP contribution in [0.1, 0.15) is 0 Å². The van der Waals surface area contributed by atoms with Crippen LogP contribution in [0.4, 0.5) is 0 Å². The van der Waals surface area contributed by atoms with Crippen molar-refractivity contribution in [2.45, 2.75) is 0 Å². The average Bonchev–Trinajstić information content (AvgIpc) is 2.66. The molecule has 1 aliphatic rings. The Bertz CT molecular complexity index is 554. The average molecular weight is 312 g/mol. The summed E-state index contributed by atoms with van der Waals surface area (Å²) in [6.45, 7) is -1.53. The van der Waals surface area contributed by atoms with Crippen LogP contribution in [0.2, 0.25) is 0 Å². The number of nitrogens with two attached hydrogens (primary N) is 1. The highest BCUT2D eigenvalue weighted by Crippen LogP contribution is 2.10. The van der Waals surface area contributed by atoms with E-state index in [-0.39, 0.29) is 5.88 Å². The van der Waals surface area contributed by atoms with Crippen LogP contribution in [-0.2, 0) is 35.0 Å². The lowest BCUT2D eigenvalue weighted by molar-refractivity contribution is -0.150. The molecule has 0 saturated carbocycles. The van der Waals surface area contributed by atoms with Crippen LogP contribution in [0.5, 0.6) is 0 Å². The number of aliphatic hydroxyl groups excluding tert-OH is 1. The highest BCUT2D eigenvalue weighted by Gasteiger charge is 2.28. The van der Waals surface area contributed by atoms with Gasteiger partial charge in [0.2, 0.25) is 4.38 Å². The number of hydrogen-bond acceptors (Lipinski definition) is 8. The van der Waals surface area contributed by atoms with E-state index in [1.54, 1.807) is 0 Å². The Morgan fingerprint density at radius 3 is 2.79 bits per heavy atom. The maximum absolute atomic E-state index is 11.4. The molecule has 1 rings (SSSR count). The van der Waals surface area contributed by atoms with Gasteiger partial charge in [-0.05, 0) is 10.7 Å². The predicted octanol–water partition coefficient (Wildman–Crippen LogP) is -2.69. The molecule has 1 unspecified atom stereocenters. The molecule has 1 heterocycles. The number of rotatable bonds is 3. The summed E-state index contributed by atoms with van der Waals surface area (Å²) in [4.78, 5) is 22.0. The first-order chi connectivity index (χ1) is 8.74. The minimum Gasteiger partial charge on any atom is -0.454 e. The van der Waals surface area contributed by atoms with Gasteiger partial charge >= 0.3 is 5.97 Å². The number of carbonyl (C=O) groups is 2. The molecular formula is C7H12N4O6S2. The van der Waals surface area contributed by atoms with Gasteiger partial charge in [0.1, 0.15) is 6.61 Å². The zero-order valence-corrected chi connectivity index (χ0v) is 11.5. The zero-order valence-electron chi connectivity index (χ0n) is 9.85. The number of nitrogens with zero attached hydrogens (tertiary/aromatic N) is 3. The van der Waals surface area contributed by atoms with Crippen molar-refractivity contribution in [3.8, 4) is 0 Å². The Morgan fingerprint density at radius 1 is 1.63 bits per heavy atom. The SMILES string of the molecule is CN1CS(=NC(=O)COC(=O)CO)C(S(N)(=O)=O)=N1. The lowest BCUT2D eigenvalue weighted by atomic mass is 10.6. The molecule has 0 spiro atoms. The van der Waals surface area contributed by atoms with Crippen LogP contribution >= 0.6 is 0 Å². The van der Waals surface area contributed by atoms with Crippen molar-refractivity contribution in [1.29, 1.82) is 0 Å². The number of primary sulfonamides is 1. The zero-order chi connectivity index (χ0) is 14.6. The Balaban J connectivity index is 2.79. The largest absolute Gasteiger partial charge is 0.454 e. The second kappa shape index (κ2) is 6.18. The molecule has 3 N–H and O–H groups in total. The quantitative estimate of drug-likeness (QED) is 0.538. The summed E-state index contributed by atoms with van der Waals surface area (Å²) >= 11 is 0. The molecule has 19 heavy (non-hydrogen) atoms. The monoisotopic (exact) mass is 312 g/mol. The van der Waals surface area contributed by atoms with Gasteiger partial charge < -0.3 is 9.84 Å². The van der Waals surface area contributed by atoms with Crippen molar-refractivity contribution in [2.75, 3.05) is 26.1 Å². The van der Waals surface area contributed by atoms with Crippen LogP contribution in [0, 0.1) is 0 Å². The molecule has 10 nitrogen and oxygen atoms in total. The molecule has 0 aromatic heterocycles. The van der Waals surface area contributed by atoms with Crippen LogP contribution < -0.4 is 5.14 Å². The van der Waals surface area contributed by atoms with Crippen molar-refractivity contribution in [1.82, 2.24) is 5.01 Å². The van der Waals surface area contributed by atoms with Gasteiger partial charge in [0.25, 0.3) is 15.9 Å². The van der Waals surface area contributed by atoms with Gasteiger partial charge in [-0.15, -0.1) is 0 Å². The molecule has 0 aliphatic carbocycles. The topological polar surface area (TPSA) is 152 Å². The first-order valence-electron chi connectivity index (χ1n) is 4.78. The van der Waals surface area contributed by atoms with Gasteiger partial charge in [-0.3, -0.25) is 9.80 Å². The number of hydrazone groups is 1. The molecule has 0 aromatic carbocycles. The molecule has 0 radical (unpaired) electrons. The Kier molecular flexibility index (Phi) is 5.11. The summed E-state index contributed by atoms with van der Waals surface area (Å²) in [6.07, 6.45) is 0. The summed E-state index contributed by atoms with van der Waals surface area (Å²) in [5.41, 5.74) is 0. The Morgan fingerprint density at radius 2 is 2.26 bits per heavy atom. The van der Waals surface area contributed by atoms with E-state index in [2.05, 4.69) is 14.2 Å². The van der Waals surface area contributed by atoms with Crippen molar-refractivity contribution in [3.63, 3.8) is 0 Å². The number of esters is 1. The molecule has 0 fully saturated rings. The van der Waals surface area contributed by atoms with Gasteiger partial charge in [0.05, 0.1) is 5.88 Å². The highest BCUT2D eigenvalue weighted by molar-refractivity contribution is 8.29. The summed E-state index contributed by atoms with van der Waals surface area (Å²) in [6, 6.07) is 0. The van der Waals surface area contributed by atoms with E-state index < -0.39 is 50.2 Å². The first-order valence-corrected chi connectivity index (χ1v) is 7.68. The number of sulfonamides is 1. The first kappa shape index (κ1) is 15.7. The van der Waals surface area contributed by atoms with Gasteiger partial charge in [0, 0.05) is 7.05 Å². The van der Waals surface area contributed by atoms with Crippen LogP contribution in [-0.4, -0.2) is 60.9 Å². The maximum Gasteiger partial charge on any atom is 0.332 e. The number of ether oxygens (including phenoxy) is 1. The van der Waals surface area contributed by atoms with E-state index >= 15 is 0 Å². The van der Waals surface area contributed by atoms with Crippen LogP contribution in [0.3, 0.4) is 0 Å². The minimum absolute atomic E-state index is 0.103. The van der Waals surface area contributed by atoms with Crippen molar-refractivity contribution in [3.05, 3.63) is 0 Å². The molecular weight excluding hydrogens is 300 g/mol. The molecule has 108 valence electrons. The third kappa shape index (κ3) is 4.66. The number of amides is 1. The Hall–Kier alpha value is -1.37. The van der Waals surface area contributed by atoms with E-state index in [1.165, 1.54) is 12.1 Å². The smallest absolute Gasteiger partial charge is 0.332 e. The van der Waals surface area contributed by atoms with E-state index in [9.17, 15) is 18.0 Å². The summed E-state index contributed by atoms with van der Waals surface area (Å²) in [7, 11) is -3.86. The standard InChI is InChI=1S/C7H12N4O6S2/c1-11-4-18(7(9-11)19(8,15)16)10-5(13)3-17-6(14)2-12/h12H,2-4H2,1H3,(H2,8,15,16). The van der Waals surface area contributed by atoms with E-state index in [0.29, 0.717) is 0 Å². The molecule has 0 aromatic rings. The van der Waals surface area contributed by atoms with Gasteiger partial charge in [0.15, 0.2) is 6.61 Å². The molecule has 1 atom stereocenters. The minimum atomic E-state index is -4.04. The van der Waals surface area contributed by atoms with Crippen LogP contribution in [0.25, 0.3) is 0 Å². The van der Waals surface area contributed by atoms with Crippen molar-refractivity contribution < 1.29 is 27.9 Å². The lowest BCUT2D eigenvalue weighted by Gasteiger charge is -2.03. The normalized spacial score (nSPS) is 19.4. The molecule has 12 heteroatoms. The number of aliphatic hydroxyl groups is 1. The molecule has 0 bridgehead atoms. The second-order valence-corrected chi connectivity index (χ2v) is 6.66. The molecule has 0 saturated heterocycles. The van der Waals surface area contributed by atoms with Gasteiger partial charge in [-0.2, -0.15) is 9.46 Å². The second-order valence-electron chi connectivity index (χ2n) is 3.37.